The number of benzene rings is 1. The first-order valence-electron chi connectivity index (χ1n) is 6.39. The highest BCUT2D eigenvalue weighted by Gasteiger charge is 2.16. The molecule has 1 fully saturated rings. The first kappa shape index (κ1) is 13.4. The zero-order valence-electron chi connectivity index (χ0n) is 10.3. The Hall–Kier alpha value is 0.01000. The standard InChI is InChI=1S/C14H20BrNS/c1-16-10-11-7-8-12(15)9-14(11)17-13-5-3-2-4-6-13/h7-9,13,16H,2-6,10H2,1H3. The molecule has 0 unspecified atom stereocenters. The van der Waals surface area contributed by atoms with Gasteiger partial charge in [-0.05, 0) is 37.6 Å². The van der Waals surface area contributed by atoms with Crippen LogP contribution in [0.15, 0.2) is 27.6 Å². The van der Waals surface area contributed by atoms with Gasteiger partial charge in [0.15, 0.2) is 0 Å². The van der Waals surface area contributed by atoms with Crippen LogP contribution in [-0.4, -0.2) is 12.3 Å². The van der Waals surface area contributed by atoms with Crippen LogP contribution in [0.2, 0.25) is 0 Å². The molecule has 0 aliphatic heterocycles. The minimum atomic E-state index is 0.827. The van der Waals surface area contributed by atoms with E-state index in [0.717, 1.165) is 11.8 Å². The van der Waals surface area contributed by atoms with E-state index in [2.05, 4.69) is 51.2 Å². The molecule has 0 atom stereocenters. The lowest BCUT2D eigenvalue weighted by Crippen LogP contribution is -2.10. The molecule has 0 amide bonds. The lowest BCUT2D eigenvalue weighted by Gasteiger charge is -2.22. The molecule has 0 saturated heterocycles. The number of thioether (sulfide) groups is 1. The van der Waals surface area contributed by atoms with Gasteiger partial charge in [-0.1, -0.05) is 41.3 Å². The fourth-order valence-electron chi connectivity index (χ4n) is 2.34. The van der Waals surface area contributed by atoms with Crippen molar-refractivity contribution in [3.8, 4) is 0 Å². The average Bonchev–Trinajstić information content (AvgIpc) is 2.34. The Kier molecular flexibility index (Phi) is 5.39. The van der Waals surface area contributed by atoms with Crippen LogP contribution in [-0.2, 0) is 6.54 Å². The molecular formula is C14H20BrNS. The predicted molar refractivity (Wildman–Crippen MR) is 79.6 cm³/mol. The molecule has 0 spiro atoms. The maximum atomic E-state index is 3.58. The number of hydrogen-bond acceptors (Lipinski definition) is 2. The largest absolute Gasteiger partial charge is 0.316 e. The average molecular weight is 314 g/mol. The van der Waals surface area contributed by atoms with Crippen LogP contribution in [0, 0.1) is 0 Å². The zero-order valence-corrected chi connectivity index (χ0v) is 12.7. The minimum Gasteiger partial charge on any atom is -0.316 e. The van der Waals surface area contributed by atoms with Crippen molar-refractivity contribution in [1.29, 1.82) is 0 Å². The van der Waals surface area contributed by atoms with E-state index in [4.69, 9.17) is 0 Å². The molecule has 1 aromatic rings. The smallest absolute Gasteiger partial charge is 0.0213 e. The van der Waals surface area contributed by atoms with E-state index >= 15 is 0 Å². The van der Waals surface area contributed by atoms with Gasteiger partial charge in [-0.15, -0.1) is 11.8 Å². The quantitative estimate of drug-likeness (QED) is 0.872. The van der Waals surface area contributed by atoms with Gasteiger partial charge in [0.1, 0.15) is 0 Å². The second-order valence-electron chi connectivity index (χ2n) is 4.66. The highest BCUT2D eigenvalue weighted by atomic mass is 79.9. The van der Waals surface area contributed by atoms with Crippen molar-refractivity contribution in [2.75, 3.05) is 7.05 Å². The van der Waals surface area contributed by atoms with Crippen molar-refractivity contribution < 1.29 is 0 Å². The third-order valence-electron chi connectivity index (χ3n) is 3.24. The van der Waals surface area contributed by atoms with Crippen molar-refractivity contribution in [3.63, 3.8) is 0 Å². The van der Waals surface area contributed by atoms with Crippen molar-refractivity contribution in [3.05, 3.63) is 28.2 Å². The summed E-state index contributed by atoms with van der Waals surface area (Å²) in [5.41, 5.74) is 1.42. The first-order valence-corrected chi connectivity index (χ1v) is 8.06. The van der Waals surface area contributed by atoms with E-state index in [0.29, 0.717) is 0 Å². The second-order valence-corrected chi connectivity index (χ2v) is 6.92. The van der Waals surface area contributed by atoms with Gasteiger partial charge in [-0.2, -0.15) is 0 Å². The molecule has 2 rings (SSSR count). The summed E-state index contributed by atoms with van der Waals surface area (Å²) in [6, 6.07) is 6.63. The normalized spacial score (nSPS) is 17.3. The molecule has 1 saturated carbocycles. The van der Waals surface area contributed by atoms with Crippen LogP contribution in [0.4, 0.5) is 0 Å². The topological polar surface area (TPSA) is 12.0 Å². The summed E-state index contributed by atoms with van der Waals surface area (Å²) in [4.78, 5) is 1.45. The Bertz CT molecular complexity index is 361. The van der Waals surface area contributed by atoms with Crippen molar-refractivity contribution in [1.82, 2.24) is 5.32 Å². The van der Waals surface area contributed by atoms with Crippen LogP contribution >= 0.6 is 27.7 Å². The molecule has 0 aromatic heterocycles. The van der Waals surface area contributed by atoms with Crippen molar-refractivity contribution in [2.45, 2.75) is 48.8 Å². The van der Waals surface area contributed by atoms with E-state index in [-0.39, 0.29) is 0 Å². The number of nitrogens with one attached hydrogen (secondary N) is 1. The second kappa shape index (κ2) is 6.81. The molecule has 1 N–H and O–H groups in total. The summed E-state index contributed by atoms with van der Waals surface area (Å²) in [5, 5.41) is 4.08. The maximum absolute atomic E-state index is 3.58. The number of rotatable bonds is 4. The maximum Gasteiger partial charge on any atom is 0.0213 e. The Labute approximate surface area is 117 Å². The number of hydrogen-bond donors (Lipinski definition) is 1. The van der Waals surface area contributed by atoms with Crippen LogP contribution in [0.1, 0.15) is 37.7 Å². The third-order valence-corrected chi connectivity index (χ3v) is 5.17. The molecular weight excluding hydrogens is 294 g/mol. The highest BCUT2D eigenvalue weighted by Crippen LogP contribution is 2.36. The summed E-state index contributed by atoms with van der Waals surface area (Å²) < 4.78 is 1.19. The van der Waals surface area contributed by atoms with Gasteiger partial charge in [-0.3, -0.25) is 0 Å². The lowest BCUT2D eigenvalue weighted by atomic mass is 10.0. The predicted octanol–water partition coefficient (Wildman–Crippen LogP) is 4.59. The lowest BCUT2D eigenvalue weighted by molar-refractivity contribution is 0.516. The summed E-state index contributed by atoms with van der Waals surface area (Å²) in [5.74, 6) is 0. The van der Waals surface area contributed by atoms with Gasteiger partial charge in [0.25, 0.3) is 0 Å². The molecule has 94 valence electrons. The third kappa shape index (κ3) is 4.01. The highest BCUT2D eigenvalue weighted by molar-refractivity contribution is 9.10. The number of halogens is 1. The molecule has 1 nitrogen and oxygen atoms in total. The van der Waals surface area contributed by atoms with E-state index < -0.39 is 0 Å². The van der Waals surface area contributed by atoms with E-state index in [1.807, 2.05) is 7.05 Å². The molecule has 0 bridgehead atoms. The summed E-state index contributed by atoms with van der Waals surface area (Å²) in [7, 11) is 2.01. The Balaban J connectivity index is 2.08. The van der Waals surface area contributed by atoms with Gasteiger partial charge in [0.05, 0.1) is 0 Å². The van der Waals surface area contributed by atoms with Gasteiger partial charge in [0.2, 0.25) is 0 Å². The van der Waals surface area contributed by atoms with E-state index in [1.54, 1.807) is 0 Å². The minimum absolute atomic E-state index is 0.827. The van der Waals surface area contributed by atoms with Crippen LogP contribution in [0.25, 0.3) is 0 Å². The fraction of sp³-hybridized carbons (Fsp3) is 0.571. The molecule has 1 aliphatic rings. The van der Waals surface area contributed by atoms with Gasteiger partial charge < -0.3 is 5.32 Å². The van der Waals surface area contributed by atoms with Gasteiger partial charge >= 0.3 is 0 Å². The zero-order chi connectivity index (χ0) is 12.1. The van der Waals surface area contributed by atoms with Gasteiger partial charge in [0, 0.05) is 21.2 Å². The fourth-order valence-corrected chi connectivity index (χ4v) is 4.26. The summed E-state index contributed by atoms with van der Waals surface area (Å²) in [6.07, 6.45) is 7.02. The van der Waals surface area contributed by atoms with Crippen molar-refractivity contribution in [2.24, 2.45) is 0 Å². The SMILES string of the molecule is CNCc1ccc(Br)cc1SC1CCCCC1. The molecule has 17 heavy (non-hydrogen) atoms. The Morgan fingerprint density at radius 3 is 2.76 bits per heavy atom. The summed E-state index contributed by atoms with van der Waals surface area (Å²) in [6.45, 7) is 0.961. The molecule has 1 aliphatic carbocycles. The van der Waals surface area contributed by atoms with Crippen molar-refractivity contribution >= 4 is 27.7 Å². The Morgan fingerprint density at radius 1 is 1.29 bits per heavy atom. The van der Waals surface area contributed by atoms with Crippen LogP contribution in [0.5, 0.6) is 0 Å². The Morgan fingerprint density at radius 2 is 2.06 bits per heavy atom. The molecule has 3 heteroatoms. The van der Waals surface area contributed by atoms with Crippen LogP contribution < -0.4 is 5.32 Å². The van der Waals surface area contributed by atoms with E-state index in [9.17, 15) is 0 Å². The molecule has 0 radical (unpaired) electrons. The van der Waals surface area contributed by atoms with Crippen LogP contribution in [0.3, 0.4) is 0 Å². The van der Waals surface area contributed by atoms with E-state index in [1.165, 1.54) is 47.0 Å². The summed E-state index contributed by atoms with van der Waals surface area (Å²) >= 11 is 5.65. The first-order chi connectivity index (χ1) is 8.29. The molecule has 0 heterocycles. The van der Waals surface area contributed by atoms with Gasteiger partial charge in [-0.25, -0.2) is 0 Å². The monoisotopic (exact) mass is 313 g/mol. The molecule has 1 aromatic carbocycles.